The molecule has 0 radical (unpaired) electrons. The van der Waals surface area contributed by atoms with E-state index in [4.69, 9.17) is 4.74 Å². The number of hydrogen-bond donors (Lipinski definition) is 1. The maximum Gasteiger partial charge on any atom is 0.338 e. The van der Waals surface area contributed by atoms with Gasteiger partial charge in [0.2, 0.25) is 0 Å². The molecule has 7 heteroatoms. The van der Waals surface area contributed by atoms with Crippen LogP contribution in [0.25, 0.3) is 0 Å². The molecular formula is C29H28N2O5. The number of hydrogen-bond acceptors (Lipinski definition) is 5. The second-order valence-corrected chi connectivity index (χ2v) is 8.78. The normalized spacial score (nSPS) is 12.5. The molecule has 7 nitrogen and oxygen atoms in total. The van der Waals surface area contributed by atoms with Crippen molar-refractivity contribution < 1.29 is 23.9 Å². The van der Waals surface area contributed by atoms with E-state index in [2.05, 4.69) is 5.32 Å². The van der Waals surface area contributed by atoms with Gasteiger partial charge in [-0.15, -0.1) is 0 Å². The molecule has 1 aliphatic rings. The Labute approximate surface area is 210 Å². The molecule has 0 aromatic heterocycles. The molecule has 0 saturated carbocycles. The summed E-state index contributed by atoms with van der Waals surface area (Å²) >= 11 is 0. The number of anilines is 2. The molecule has 36 heavy (non-hydrogen) atoms. The van der Waals surface area contributed by atoms with Crippen LogP contribution in [0, 0.1) is 13.8 Å². The van der Waals surface area contributed by atoms with Crippen molar-refractivity contribution in [1.29, 1.82) is 0 Å². The lowest BCUT2D eigenvalue weighted by Gasteiger charge is -2.17. The van der Waals surface area contributed by atoms with Crippen LogP contribution < -0.4 is 10.2 Å². The molecule has 184 valence electrons. The van der Waals surface area contributed by atoms with E-state index >= 15 is 0 Å². The molecule has 3 aromatic carbocycles. The summed E-state index contributed by atoms with van der Waals surface area (Å²) in [6.07, 6.45) is 1.51. The zero-order chi connectivity index (χ0) is 26.0. The zero-order valence-corrected chi connectivity index (χ0v) is 20.8. The maximum absolute atomic E-state index is 13.1. The first-order valence-electron chi connectivity index (χ1n) is 11.9. The Morgan fingerprint density at radius 1 is 0.861 bits per heavy atom. The number of nitrogens with one attached hydrogen (secondary N) is 1. The highest BCUT2D eigenvalue weighted by Gasteiger charge is 2.38. The van der Waals surface area contributed by atoms with Crippen molar-refractivity contribution in [3.63, 3.8) is 0 Å². The van der Waals surface area contributed by atoms with Crippen molar-refractivity contribution in [2.45, 2.75) is 40.5 Å². The molecule has 1 aliphatic heterocycles. The van der Waals surface area contributed by atoms with Crippen LogP contribution in [0.5, 0.6) is 0 Å². The molecule has 1 N–H and O–H groups in total. The minimum atomic E-state index is -0.752. The lowest BCUT2D eigenvalue weighted by molar-refractivity contribution is -0.119. The Hall–Kier alpha value is -4.26. The molecule has 0 aliphatic carbocycles. The number of esters is 1. The summed E-state index contributed by atoms with van der Waals surface area (Å²) in [5, 5.41) is 2.85. The minimum Gasteiger partial charge on any atom is -0.452 e. The molecule has 0 bridgehead atoms. The minimum absolute atomic E-state index is 0.0914. The van der Waals surface area contributed by atoms with Gasteiger partial charge < -0.3 is 10.1 Å². The number of carbonyl (C=O) groups excluding carboxylic acids is 4. The van der Waals surface area contributed by atoms with Gasteiger partial charge in [-0.25, -0.2) is 9.69 Å². The van der Waals surface area contributed by atoms with Gasteiger partial charge in [0, 0.05) is 5.69 Å². The summed E-state index contributed by atoms with van der Waals surface area (Å²) in [4.78, 5) is 52.4. The molecule has 0 unspecified atom stereocenters. The van der Waals surface area contributed by atoms with Gasteiger partial charge in [-0.05, 0) is 73.2 Å². The number of rotatable bonds is 7. The Balaban J connectivity index is 1.48. The van der Waals surface area contributed by atoms with Crippen LogP contribution >= 0.6 is 0 Å². The second-order valence-electron chi connectivity index (χ2n) is 8.78. The highest BCUT2D eigenvalue weighted by atomic mass is 16.5. The summed E-state index contributed by atoms with van der Waals surface area (Å²) in [6, 6.07) is 15.6. The summed E-state index contributed by atoms with van der Waals surface area (Å²) < 4.78 is 5.22. The fraction of sp³-hybridized carbons (Fsp3) is 0.241. The average Bonchev–Trinajstić information content (AvgIpc) is 3.13. The quantitative estimate of drug-likeness (QED) is 0.375. The number of amides is 3. The summed E-state index contributed by atoms with van der Waals surface area (Å²) in [7, 11) is 0. The van der Waals surface area contributed by atoms with Crippen molar-refractivity contribution in [2.75, 3.05) is 16.8 Å². The third kappa shape index (κ3) is 4.64. The number of imide groups is 1. The number of ether oxygens (including phenoxy) is 1. The van der Waals surface area contributed by atoms with Gasteiger partial charge >= 0.3 is 5.97 Å². The Morgan fingerprint density at radius 2 is 1.53 bits per heavy atom. The number of para-hydroxylation sites is 1. The van der Waals surface area contributed by atoms with Crippen molar-refractivity contribution in [1.82, 2.24) is 0 Å². The molecule has 3 amide bonds. The van der Waals surface area contributed by atoms with Gasteiger partial charge in [0.05, 0.1) is 22.4 Å². The van der Waals surface area contributed by atoms with Crippen LogP contribution in [0.2, 0.25) is 0 Å². The fourth-order valence-corrected chi connectivity index (χ4v) is 4.34. The van der Waals surface area contributed by atoms with Gasteiger partial charge in [-0.3, -0.25) is 14.4 Å². The van der Waals surface area contributed by atoms with Gasteiger partial charge in [-0.1, -0.05) is 44.2 Å². The van der Waals surface area contributed by atoms with E-state index in [1.807, 2.05) is 58.0 Å². The molecular weight excluding hydrogens is 456 g/mol. The summed E-state index contributed by atoms with van der Waals surface area (Å²) in [5.41, 5.74) is 5.42. The largest absolute Gasteiger partial charge is 0.452 e. The standard InChI is InChI=1S/C29H28N2O5/c1-5-19-8-7-9-20(6-2)26(19)30-25(32)16-36-29(35)21-12-13-22-23(15-21)28(34)31(27(22)33)24-14-17(3)10-11-18(24)4/h7-15H,5-6,16H2,1-4H3,(H,30,32). The summed E-state index contributed by atoms with van der Waals surface area (Å²) in [5.74, 6) is -2.14. The van der Waals surface area contributed by atoms with Crippen LogP contribution in [0.4, 0.5) is 11.4 Å². The van der Waals surface area contributed by atoms with Crippen LogP contribution in [0.1, 0.15) is 67.2 Å². The smallest absolute Gasteiger partial charge is 0.338 e. The average molecular weight is 485 g/mol. The van der Waals surface area contributed by atoms with Crippen molar-refractivity contribution in [3.8, 4) is 0 Å². The van der Waals surface area contributed by atoms with Gasteiger partial charge in [0.25, 0.3) is 17.7 Å². The number of benzene rings is 3. The van der Waals surface area contributed by atoms with E-state index in [9.17, 15) is 19.2 Å². The highest BCUT2D eigenvalue weighted by molar-refractivity contribution is 6.35. The van der Waals surface area contributed by atoms with Gasteiger partial charge in [-0.2, -0.15) is 0 Å². The first kappa shape index (κ1) is 24.9. The lowest BCUT2D eigenvalue weighted by Crippen LogP contribution is -2.30. The van der Waals surface area contributed by atoms with E-state index in [1.165, 1.54) is 18.2 Å². The van der Waals surface area contributed by atoms with Crippen molar-refractivity contribution in [2.24, 2.45) is 0 Å². The van der Waals surface area contributed by atoms with Crippen molar-refractivity contribution in [3.05, 3.63) is 93.5 Å². The van der Waals surface area contributed by atoms with Crippen LogP contribution in [-0.4, -0.2) is 30.3 Å². The SMILES string of the molecule is CCc1cccc(CC)c1NC(=O)COC(=O)c1ccc2c(c1)C(=O)N(c1cc(C)ccc1C)C2=O. The second kappa shape index (κ2) is 10.2. The third-order valence-corrected chi connectivity index (χ3v) is 6.33. The number of nitrogens with zero attached hydrogens (tertiary/aromatic N) is 1. The predicted octanol–water partition coefficient (Wildman–Crippen LogP) is 5.02. The number of aryl methyl sites for hydroxylation is 4. The highest BCUT2D eigenvalue weighted by Crippen LogP contribution is 2.32. The van der Waals surface area contributed by atoms with Gasteiger partial charge in [0.1, 0.15) is 0 Å². The maximum atomic E-state index is 13.1. The van der Waals surface area contributed by atoms with E-state index in [0.29, 0.717) is 5.69 Å². The molecule has 4 rings (SSSR count). The molecule has 0 fully saturated rings. The fourth-order valence-electron chi connectivity index (χ4n) is 4.34. The van der Waals surface area contributed by atoms with E-state index < -0.39 is 30.3 Å². The Bertz CT molecular complexity index is 1370. The molecule has 0 saturated heterocycles. The number of carbonyl (C=O) groups is 4. The van der Waals surface area contributed by atoms with E-state index in [0.717, 1.165) is 45.7 Å². The molecule has 3 aromatic rings. The van der Waals surface area contributed by atoms with Gasteiger partial charge in [0.15, 0.2) is 6.61 Å². The van der Waals surface area contributed by atoms with E-state index in [-0.39, 0.29) is 16.7 Å². The molecule has 1 heterocycles. The van der Waals surface area contributed by atoms with E-state index in [1.54, 1.807) is 6.07 Å². The number of fused-ring (bicyclic) bond motifs is 1. The Kier molecular flexibility index (Phi) is 7.01. The van der Waals surface area contributed by atoms with Crippen LogP contribution in [-0.2, 0) is 22.4 Å². The third-order valence-electron chi connectivity index (χ3n) is 6.33. The predicted molar refractivity (Wildman–Crippen MR) is 138 cm³/mol. The van der Waals surface area contributed by atoms with Crippen LogP contribution in [0.3, 0.4) is 0 Å². The monoisotopic (exact) mass is 484 g/mol. The van der Waals surface area contributed by atoms with Crippen LogP contribution in [0.15, 0.2) is 54.6 Å². The zero-order valence-electron chi connectivity index (χ0n) is 20.8. The van der Waals surface area contributed by atoms with Crippen molar-refractivity contribution >= 4 is 35.1 Å². The first-order chi connectivity index (χ1) is 17.2. The summed E-state index contributed by atoms with van der Waals surface area (Å²) in [6.45, 7) is 7.25. The Morgan fingerprint density at radius 3 is 2.19 bits per heavy atom. The lowest BCUT2D eigenvalue weighted by atomic mass is 10.0. The first-order valence-corrected chi connectivity index (χ1v) is 11.9. The molecule has 0 spiro atoms. The topological polar surface area (TPSA) is 92.8 Å². The molecule has 0 atom stereocenters.